The first-order chi connectivity index (χ1) is 7.41. The Hall–Kier alpha value is 0.440. The Labute approximate surface area is 104 Å². The van der Waals surface area contributed by atoms with E-state index in [9.17, 15) is 0 Å². The molecule has 15 heavy (non-hydrogen) atoms. The van der Waals surface area contributed by atoms with E-state index in [-0.39, 0.29) is 0 Å². The lowest BCUT2D eigenvalue weighted by atomic mass is 10.1. The van der Waals surface area contributed by atoms with Gasteiger partial charge in [0.2, 0.25) is 0 Å². The summed E-state index contributed by atoms with van der Waals surface area (Å²) in [6, 6.07) is 0. The maximum absolute atomic E-state index is 5.45. The normalized spacial score (nSPS) is 10.8. The molecule has 2 N–H and O–H groups in total. The van der Waals surface area contributed by atoms with Gasteiger partial charge in [-0.15, -0.1) is 0 Å². The van der Waals surface area contributed by atoms with Crippen molar-refractivity contribution in [3.8, 4) is 0 Å². The molecule has 0 saturated carbocycles. The van der Waals surface area contributed by atoms with E-state index >= 15 is 0 Å². The number of nitrogens with two attached hydrogens (primary N) is 1. The van der Waals surface area contributed by atoms with Crippen molar-refractivity contribution in [1.82, 2.24) is 0 Å². The van der Waals surface area contributed by atoms with E-state index < -0.39 is 0 Å². The van der Waals surface area contributed by atoms with Gasteiger partial charge in [0.1, 0.15) is 0 Å². The summed E-state index contributed by atoms with van der Waals surface area (Å²) in [5.41, 5.74) is 5.45. The van der Waals surface area contributed by atoms with Crippen LogP contribution in [0.1, 0.15) is 70.6 Å². The van der Waals surface area contributed by atoms with Crippen molar-refractivity contribution in [2.75, 3.05) is 11.9 Å². The zero-order chi connectivity index (χ0) is 11.2. The summed E-state index contributed by atoms with van der Waals surface area (Å²) in [7, 11) is 0. The molecule has 0 aromatic heterocycles. The van der Waals surface area contributed by atoms with Gasteiger partial charge < -0.3 is 5.73 Å². The van der Waals surface area contributed by atoms with Crippen LogP contribution < -0.4 is 5.73 Å². The van der Waals surface area contributed by atoms with Crippen LogP contribution in [0.3, 0.4) is 0 Å². The van der Waals surface area contributed by atoms with Crippen LogP contribution >= 0.6 is 15.9 Å². The van der Waals surface area contributed by atoms with Crippen LogP contribution in [0, 0.1) is 0 Å². The molecule has 0 fully saturated rings. The third-order valence-corrected chi connectivity index (χ3v) is 3.40. The fraction of sp³-hybridized carbons (Fsp3) is 1.00. The molecule has 92 valence electrons. The van der Waals surface area contributed by atoms with Gasteiger partial charge in [-0.2, -0.15) is 0 Å². The summed E-state index contributed by atoms with van der Waals surface area (Å²) in [4.78, 5) is 0. The third-order valence-electron chi connectivity index (χ3n) is 2.84. The van der Waals surface area contributed by atoms with E-state index in [4.69, 9.17) is 5.73 Å². The molecule has 0 spiro atoms. The Morgan fingerprint density at radius 2 is 0.867 bits per heavy atom. The van der Waals surface area contributed by atoms with Crippen molar-refractivity contribution in [3.05, 3.63) is 0 Å². The first-order valence-corrected chi connectivity index (χ1v) is 7.80. The molecule has 1 nitrogen and oxygen atoms in total. The van der Waals surface area contributed by atoms with Gasteiger partial charge in [0, 0.05) is 5.33 Å². The predicted molar refractivity (Wildman–Crippen MR) is 73.6 cm³/mol. The molecule has 0 saturated heterocycles. The van der Waals surface area contributed by atoms with E-state index in [1.165, 1.54) is 76.0 Å². The molecular formula is C13H28BrN. The largest absolute Gasteiger partial charge is 0.330 e. The Kier molecular flexibility index (Phi) is 14.9. The van der Waals surface area contributed by atoms with Crippen molar-refractivity contribution in [2.45, 2.75) is 70.6 Å². The average Bonchev–Trinajstić information content (AvgIpc) is 2.26. The van der Waals surface area contributed by atoms with E-state index in [1.807, 2.05) is 0 Å². The number of hydrogen-bond donors (Lipinski definition) is 1. The molecule has 0 amide bonds. The minimum atomic E-state index is 0.869. The lowest BCUT2D eigenvalue weighted by Crippen LogP contribution is -1.97. The maximum Gasteiger partial charge on any atom is 0.00313 e. The highest BCUT2D eigenvalue weighted by Gasteiger charge is 1.92. The van der Waals surface area contributed by atoms with E-state index in [1.54, 1.807) is 0 Å². The zero-order valence-electron chi connectivity index (χ0n) is 10.1. The van der Waals surface area contributed by atoms with E-state index in [2.05, 4.69) is 15.9 Å². The van der Waals surface area contributed by atoms with Crippen LogP contribution in [0.15, 0.2) is 0 Å². The van der Waals surface area contributed by atoms with Crippen LogP contribution in [0.2, 0.25) is 0 Å². The van der Waals surface area contributed by atoms with Gasteiger partial charge >= 0.3 is 0 Å². The van der Waals surface area contributed by atoms with Crippen LogP contribution in [-0.2, 0) is 0 Å². The van der Waals surface area contributed by atoms with Gasteiger partial charge in [0.05, 0.1) is 0 Å². The molecule has 2 heteroatoms. The van der Waals surface area contributed by atoms with Gasteiger partial charge in [-0.1, -0.05) is 73.7 Å². The minimum Gasteiger partial charge on any atom is -0.330 e. The lowest BCUT2D eigenvalue weighted by Gasteiger charge is -2.01. The number of halogens is 1. The molecule has 0 aromatic carbocycles. The molecule has 0 aliphatic heterocycles. The van der Waals surface area contributed by atoms with Gasteiger partial charge in [-0.3, -0.25) is 0 Å². The zero-order valence-corrected chi connectivity index (χ0v) is 11.7. The van der Waals surface area contributed by atoms with Gasteiger partial charge in [-0.25, -0.2) is 0 Å². The molecule has 0 aliphatic carbocycles. The first-order valence-electron chi connectivity index (χ1n) is 6.68. The van der Waals surface area contributed by atoms with Crippen molar-refractivity contribution >= 4 is 15.9 Å². The van der Waals surface area contributed by atoms with E-state index in [0.717, 1.165) is 6.54 Å². The van der Waals surface area contributed by atoms with Crippen LogP contribution in [0.5, 0.6) is 0 Å². The summed E-state index contributed by atoms with van der Waals surface area (Å²) >= 11 is 3.46. The molecule has 0 unspecified atom stereocenters. The maximum atomic E-state index is 5.45. The Morgan fingerprint density at radius 1 is 0.533 bits per heavy atom. The highest BCUT2D eigenvalue weighted by atomic mass is 79.9. The van der Waals surface area contributed by atoms with Crippen molar-refractivity contribution in [3.63, 3.8) is 0 Å². The second kappa shape index (κ2) is 14.4. The van der Waals surface area contributed by atoms with Gasteiger partial charge in [0.15, 0.2) is 0 Å². The fourth-order valence-electron chi connectivity index (χ4n) is 1.83. The Bertz CT molecular complexity index is 94.7. The molecule has 0 aromatic rings. The fourth-order valence-corrected chi connectivity index (χ4v) is 2.23. The number of hydrogen-bond acceptors (Lipinski definition) is 1. The standard InChI is InChI=1S/C13H28BrN/c14-12-10-8-6-4-2-1-3-5-7-9-11-13-15/h1-13,15H2. The third kappa shape index (κ3) is 14.4. The predicted octanol–water partition coefficient (Wildman–Crippen LogP) is 4.63. The topological polar surface area (TPSA) is 26.0 Å². The summed E-state index contributed by atoms with van der Waals surface area (Å²) in [6.07, 6.45) is 15.3. The summed E-state index contributed by atoms with van der Waals surface area (Å²) in [5, 5.41) is 1.17. The molecule has 0 atom stereocenters. The molecule has 0 rings (SSSR count). The van der Waals surface area contributed by atoms with Crippen LogP contribution in [0.4, 0.5) is 0 Å². The average molecular weight is 278 g/mol. The van der Waals surface area contributed by atoms with Crippen molar-refractivity contribution in [1.29, 1.82) is 0 Å². The van der Waals surface area contributed by atoms with E-state index in [0.29, 0.717) is 0 Å². The smallest absolute Gasteiger partial charge is 0.00313 e. The molecule has 0 radical (unpaired) electrons. The van der Waals surface area contributed by atoms with Crippen molar-refractivity contribution in [2.24, 2.45) is 5.73 Å². The van der Waals surface area contributed by atoms with Crippen molar-refractivity contribution < 1.29 is 0 Å². The first kappa shape index (κ1) is 15.4. The molecule has 0 bridgehead atoms. The monoisotopic (exact) mass is 277 g/mol. The quantitative estimate of drug-likeness (QED) is 0.409. The van der Waals surface area contributed by atoms with Gasteiger partial charge in [0.25, 0.3) is 0 Å². The molecular weight excluding hydrogens is 250 g/mol. The number of alkyl halides is 1. The van der Waals surface area contributed by atoms with Gasteiger partial charge in [-0.05, 0) is 19.4 Å². The van der Waals surface area contributed by atoms with Crippen LogP contribution in [0.25, 0.3) is 0 Å². The molecule has 0 aliphatic rings. The second-order valence-electron chi connectivity index (χ2n) is 4.37. The summed E-state index contributed by atoms with van der Waals surface area (Å²) in [6.45, 7) is 0.869. The highest BCUT2D eigenvalue weighted by molar-refractivity contribution is 9.09. The number of unbranched alkanes of at least 4 members (excludes halogenated alkanes) is 10. The molecule has 0 heterocycles. The second-order valence-corrected chi connectivity index (χ2v) is 5.16. The summed E-state index contributed by atoms with van der Waals surface area (Å²) in [5.74, 6) is 0. The Morgan fingerprint density at radius 3 is 1.20 bits per heavy atom. The SMILES string of the molecule is NCCCCCCCCCCCCCBr. The number of rotatable bonds is 12. The highest BCUT2D eigenvalue weighted by Crippen LogP contribution is 2.11. The van der Waals surface area contributed by atoms with Crippen LogP contribution in [-0.4, -0.2) is 11.9 Å². The lowest BCUT2D eigenvalue weighted by molar-refractivity contribution is 0.552. The minimum absolute atomic E-state index is 0.869. The summed E-state index contributed by atoms with van der Waals surface area (Å²) < 4.78 is 0. The Balaban J connectivity index is 2.81.